The molecular weight excluding hydrogens is 154 g/mol. The van der Waals surface area contributed by atoms with E-state index in [0.717, 1.165) is 0 Å². The number of nitrogens with zero attached hydrogens (tertiary/aromatic N) is 1. The number of carbonyl (C=O) groups excluding carboxylic acids is 1. The number of rotatable bonds is 2. The number of cyclic esters (lactones) is 1. The highest BCUT2D eigenvalue weighted by Crippen LogP contribution is 2.21. The van der Waals surface area contributed by atoms with Gasteiger partial charge in [-0.15, -0.1) is 0 Å². The SMILES string of the molecule is CC(C)[C@@H]1COC(=O)N1C(C)C. The van der Waals surface area contributed by atoms with Crippen LogP contribution in [0.2, 0.25) is 0 Å². The summed E-state index contributed by atoms with van der Waals surface area (Å²) >= 11 is 0. The van der Waals surface area contributed by atoms with Crippen LogP contribution in [0.4, 0.5) is 4.79 Å². The molecule has 0 bridgehead atoms. The van der Waals surface area contributed by atoms with E-state index in [2.05, 4.69) is 13.8 Å². The smallest absolute Gasteiger partial charge is 0.410 e. The molecule has 1 heterocycles. The van der Waals surface area contributed by atoms with Crippen molar-refractivity contribution in [2.24, 2.45) is 5.92 Å². The molecule has 1 fully saturated rings. The lowest BCUT2D eigenvalue weighted by Crippen LogP contribution is -2.41. The van der Waals surface area contributed by atoms with E-state index in [0.29, 0.717) is 12.5 Å². The minimum absolute atomic E-state index is 0.163. The Morgan fingerprint density at radius 3 is 2.33 bits per heavy atom. The quantitative estimate of drug-likeness (QED) is 0.634. The first kappa shape index (κ1) is 9.36. The molecule has 1 amide bonds. The molecule has 0 radical (unpaired) electrons. The van der Waals surface area contributed by atoms with Crippen molar-refractivity contribution in [3.63, 3.8) is 0 Å². The van der Waals surface area contributed by atoms with Gasteiger partial charge in [-0.3, -0.25) is 4.90 Å². The molecule has 70 valence electrons. The third-order valence-corrected chi connectivity index (χ3v) is 2.27. The Bertz CT molecular complexity index is 177. The Morgan fingerprint density at radius 1 is 1.42 bits per heavy atom. The fourth-order valence-corrected chi connectivity index (χ4v) is 1.55. The second-order valence-corrected chi connectivity index (χ2v) is 3.89. The van der Waals surface area contributed by atoms with Gasteiger partial charge in [-0.05, 0) is 19.8 Å². The zero-order valence-electron chi connectivity index (χ0n) is 8.20. The number of ether oxygens (including phenoxy) is 1. The lowest BCUT2D eigenvalue weighted by molar-refractivity contribution is 0.146. The minimum Gasteiger partial charge on any atom is -0.447 e. The zero-order chi connectivity index (χ0) is 9.30. The highest BCUT2D eigenvalue weighted by molar-refractivity contribution is 5.70. The second kappa shape index (κ2) is 3.33. The van der Waals surface area contributed by atoms with Gasteiger partial charge in [0.15, 0.2) is 0 Å². The molecule has 1 aliphatic heterocycles. The first-order valence-corrected chi connectivity index (χ1v) is 4.49. The fourth-order valence-electron chi connectivity index (χ4n) is 1.55. The normalized spacial score (nSPS) is 24.0. The summed E-state index contributed by atoms with van der Waals surface area (Å²) in [6.07, 6.45) is -0.163. The molecule has 0 unspecified atom stereocenters. The van der Waals surface area contributed by atoms with E-state index in [1.807, 2.05) is 18.7 Å². The van der Waals surface area contributed by atoms with E-state index >= 15 is 0 Å². The summed E-state index contributed by atoms with van der Waals surface area (Å²) in [5, 5.41) is 0. The summed E-state index contributed by atoms with van der Waals surface area (Å²) in [6, 6.07) is 0.505. The molecule has 1 aliphatic rings. The molecule has 1 atom stereocenters. The molecule has 12 heavy (non-hydrogen) atoms. The van der Waals surface area contributed by atoms with Crippen molar-refractivity contribution >= 4 is 6.09 Å². The van der Waals surface area contributed by atoms with Crippen molar-refractivity contribution in [2.45, 2.75) is 39.8 Å². The molecule has 0 aromatic carbocycles. The average molecular weight is 171 g/mol. The van der Waals surface area contributed by atoms with Gasteiger partial charge in [0.25, 0.3) is 0 Å². The first-order chi connectivity index (χ1) is 5.54. The summed E-state index contributed by atoms with van der Waals surface area (Å²) in [4.78, 5) is 13.1. The lowest BCUT2D eigenvalue weighted by Gasteiger charge is -2.27. The van der Waals surface area contributed by atoms with Crippen LogP contribution in [0.5, 0.6) is 0 Å². The second-order valence-electron chi connectivity index (χ2n) is 3.89. The minimum atomic E-state index is -0.163. The van der Waals surface area contributed by atoms with E-state index in [-0.39, 0.29) is 18.2 Å². The Morgan fingerprint density at radius 2 is 2.00 bits per heavy atom. The van der Waals surface area contributed by atoms with Crippen LogP contribution in [0, 0.1) is 5.92 Å². The summed E-state index contributed by atoms with van der Waals surface area (Å²) in [6.45, 7) is 8.81. The Kier molecular flexibility index (Phi) is 2.60. The molecule has 0 aromatic heterocycles. The Labute approximate surface area is 73.7 Å². The third-order valence-electron chi connectivity index (χ3n) is 2.27. The van der Waals surface area contributed by atoms with Crippen molar-refractivity contribution in [1.82, 2.24) is 4.90 Å². The number of hydrogen-bond acceptors (Lipinski definition) is 2. The average Bonchev–Trinajstić information content (AvgIpc) is 2.30. The van der Waals surface area contributed by atoms with Gasteiger partial charge in [-0.1, -0.05) is 13.8 Å². The maximum absolute atomic E-state index is 11.2. The molecule has 3 nitrogen and oxygen atoms in total. The molecular formula is C9H17NO2. The molecule has 0 saturated carbocycles. The van der Waals surface area contributed by atoms with Crippen LogP contribution in [0.15, 0.2) is 0 Å². The third kappa shape index (κ3) is 1.54. The standard InChI is InChI=1S/C9H17NO2/c1-6(2)8-5-12-9(11)10(8)7(3)4/h6-8H,5H2,1-4H3/t8-/m0/s1. The van der Waals surface area contributed by atoms with Crippen molar-refractivity contribution in [3.05, 3.63) is 0 Å². The van der Waals surface area contributed by atoms with Crippen molar-refractivity contribution in [3.8, 4) is 0 Å². The monoisotopic (exact) mass is 171 g/mol. The Hall–Kier alpha value is -0.730. The van der Waals surface area contributed by atoms with Crippen LogP contribution in [0.3, 0.4) is 0 Å². The van der Waals surface area contributed by atoms with Gasteiger partial charge in [0.2, 0.25) is 0 Å². The van der Waals surface area contributed by atoms with Gasteiger partial charge >= 0.3 is 6.09 Å². The van der Waals surface area contributed by atoms with E-state index in [4.69, 9.17) is 4.74 Å². The van der Waals surface area contributed by atoms with Gasteiger partial charge in [-0.2, -0.15) is 0 Å². The number of carbonyl (C=O) groups is 1. The zero-order valence-corrected chi connectivity index (χ0v) is 8.20. The Balaban J connectivity index is 2.70. The molecule has 0 aromatic rings. The van der Waals surface area contributed by atoms with Crippen LogP contribution in [-0.2, 0) is 4.74 Å². The van der Waals surface area contributed by atoms with Crippen LogP contribution in [-0.4, -0.2) is 29.7 Å². The van der Waals surface area contributed by atoms with Crippen LogP contribution < -0.4 is 0 Å². The maximum Gasteiger partial charge on any atom is 0.410 e. The maximum atomic E-state index is 11.2. The van der Waals surface area contributed by atoms with E-state index in [9.17, 15) is 4.79 Å². The predicted molar refractivity (Wildman–Crippen MR) is 46.9 cm³/mol. The van der Waals surface area contributed by atoms with Crippen molar-refractivity contribution in [1.29, 1.82) is 0 Å². The van der Waals surface area contributed by atoms with E-state index in [1.165, 1.54) is 0 Å². The highest BCUT2D eigenvalue weighted by atomic mass is 16.6. The highest BCUT2D eigenvalue weighted by Gasteiger charge is 2.36. The van der Waals surface area contributed by atoms with Crippen LogP contribution in [0.1, 0.15) is 27.7 Å². The van der Waals surface area contributed by atoms with E-state index in [1.54, 1.807) is 0 Å². The van der Waals surface area contributed by atoms with Gasteiger partial charge < -0.3 is 4.74 Å². The summed E-state index contributed by atoms with van der Waals surface area (Å²) in [7, 11) is 0. The van der Waals surface area contributed by atoms with E-state index < -0.39 is 0 Å². The molecule has 0 aliphatic carbocycles. The molecule has 1 saturated heterocycles. The van der Waals surface area contributed by atoms with Gasteiger partial charge in [0.05, 0.1) is 6.04 Å². The summed E-state index contributed by atoms with van der Waals surface area (Å²) in [5.74, 6) is 0.471. The van der Waals surface area contributed by atoms with Crippen LogP contribution >= 0.6 is 0 Å². The van der Waals surface area contributed by atoms with Gasteiger partial charge in [0.1, 0.15) is 6.61 Å². The van der Waals surface area contributed by atoms with Crippen molar-refractivity contribution in [2.75, 3.05) is 6.61 Å². The first-order valence-electron chi connectivity index (χ1n) is 4.49. The topological polar surface area (TPSA) is 29.5 Å². The summed E-state index contributed by atoms with van der Waals surface area (Å²) < 4.78 is 4.99. The van der Waals surface area contributed by atoms with Gasteiger partial charge in [0, 0.05) is 6.04 Å². The fraction of sp³-hybridized carbons (Fsp3) is 0.889. The number of hydrogen-bond donors (Lipinski definition) is 0. The summed E-state index contributed by atoms with van der Waals surface area (Å²) in [5.41, 5.74) is 0. The lowest BCUT2D eigenvalue weighted by atomic mass is 10.0. The molecule has 1 rings (SSSR count). The molecule has 0 spiro atoms. The predicted octanol–water partition coefficient (Wildman–Crippen LogP) is 1.87. The molecule has 0 N–H and O–H groups in total. The van der Waals surface area contributed by atoms with Crippen LogP contribution in [0.25, 0.3) is 0 Å². The largest absolute Gasteiger partial charge is 0.447 e. The van der Waals surface area contributed by atoms with Crippen molar-refractivity contribution < 1.29 is 9.53 Å². The number of amides is 1. The molecule has 3 heteroatoms. The van der Waals surface area contributed by atoms with Gasteiger partial charge in [-0.25, -0.2) is 4.79 Å².